The van der Waals surface area contributed by atoms with Gasteiger partial charge in [0.2, 0.25) is 0 Å². The van der Waals surface area contributed by atoms with Crippen LogP contribution in [0, 0.1) is 5.82 Å². The second-order valence-electron chi connectivity index (χ2n) is 8.84. The third kappa shape index (κ3) is 3.51. The number of nitrogens with zero attached hydrogens (tertiary/aromatic N) is 3. The average Bonchev–Trinajstić information content (AvgIpc) is 3.47. The lowest BCUT2D eigenvalue weighted by molar-refractivity contribution is -0.0678. The van der Waals surface area contributed by atoms with E-state index < -0.39 is 5.60 Å². The Morgan fingerprint density at radius 3 is 2.36 bits per heavy atom. The van der Waals surface area contributed by atoms with Gasteiger partial charge in [-0.25, -0.2) is 9.07 Å². The van der Waals surface area contributed by atoms with Gasteiger partial charge in [0.05, 0.1) is 17.8 Å². The first-order chi connectivity index (χ1) is 13.5. The van der Waals surface area contributed by atoms with E-state index in [1.54, 1.807) is 6.07 Å². The molecule has 5 rings (SSSR count). The van der Waals surface area contributed by atoms with Crippen molar-refractivity contribution in [2.24, 2.45) is 0 Å². The number of fused-ring (bicyclic) bond motifs is 2. The van der Waals surface area contributed by atoms with E-state index in [1.165, 1.54) is 16.8 Å². The Balaban J connectivity index is 1.31. The lowest BCUT2D eigenvalue weighted by Crippen LogP contribution is -2.53. The summed E-state index contributed by atoms with van der Waals surface area (Å²) >= 11 is 0. The highest BCUT2D eigenvalue weighted by Crippen LogP contribution is 2.42. The average molecular weight is 383 g/mol. The minimum absolute atomic E-state index is 0.140. The first kappa shape index (κ1) is 18.0. The van der Waals surface area contributed by atoms with E-state index in [1.807, 2.05) is 18.2 Å². The quantitative estimate of drug-likeness (QED) is 0.863. The number of piperidine rings is 1. The number of hydrogen-bond acceptors (Lipinski definition) is 4. The summed E-state index contributed by atoms with van der Waals surface area (Å²) in [6.45, 7) is 1.05. The smallest absolute Gasteiger partial charge is 0.266 e. The van der Waals surface area contributed by atoms with Crippen LogP contribution in [0.2, 0.25) is 0 Å². The maximum absolute atomic E-state index is 13.2. The largest absolute Gasteiger partial charge is 0.388 e. The molecule has 2 unspecified atom stereocenters. The molecule has 2 saturated heterocycles. The zero-order valence-corrected chi connectivity index (χ0v) is 15.9. The van der Waals surface area contributed by atoms with Gasteiger partial charge in [-0.3, -0.25) is 9.69 Å². The van der Waals surface area contributed by atoms with E-state index >= 15 is 0 Å². The molecule has 0 spiro atoms. The van der Waals surface area contributed by atoms with E-state index in [4.69, 9.17) is 0 Å². The summed E-state index contributed by atoms with van der Waals surface area (Å²) in [6.07, 6.45) is 5.67. The maximum Gasteiger partial charge on any atom is 0.266 e. The summed E-state index contributed by atoms with van der Waals surface area (Å²) in [5.74, 6) is 0.265. The van der Waals surface area contributed by atoms with Crippen LogP contribution < -0.4 is 5.56 Å². The lowest BCUT2D eigenvalue weighted by atomic mass is 9.85. The Bertz CT molecular complexity index is 908. The van der Waals surface area contributed by atoms with Gasteiger partial charge >= 0.3 is 0 Å². The molecule has 1 saturated carbocycles. The molecule has 3 aliphatic rings. The van der Waals surface area contributed by atoms with Crippen molar-refractivity contribution in [1.82, 2.24) is 14.7 Å². The Labute approximate surface area is 163 Å². The molecule has 3 fully saturated rings. The molecule has 3 heterocycles. The van der Waals surface area contributed by atoms with Gasteiger partial charge in [0.25, 0.3) is 5.56 Å². The van der Waals surface area contributed by atoms with Crippen LogP contribution in [0.3, 0.4) is 0 Å². The highest BCUT2D eigenvalue weighted by Gasteiger charge is 2.47. The minimum Gasteiger partial charge on any atom is -0.388 e. The van der Waals surface area contributed by atoms with Crippen LogP contribution in [0.1, 0.15) is 55.7 Å². The monoisotopic (exact) mass is 383 g/mol. The summed E-state index contributed by atoms with van der Waals surface area (Å²) in [5.41, 5.74) is 1.03. The van der Waals surface area contributed by atoms with Crippen molar-refractivity contribution in [3.05, 3.63) is 63.8 Å². The second kappa shape index (κ2) is 6.78. The molecule has 2 aromatic rings. The molecule has 6 heteroatoms. The van der Waals surface area contributed by atoms with Crippen LogP contribution >= 0.6 is 0 Å². The SMILES string of the molecule is O=c1ccc(C2CC2)nn1CC1(O)CC2CCC(C1)N2Cc1ccc(F)cc1. The fourth-order valence-electron chi connectivity index (χ4n) is 5.06. The molecule has 0 radical (unpaired) electrons. The van der Waals surface area contributed by atoms with Crippen LogP contribution in [-0.4, -0.2) is 37.5 Å². The molecule has 1 aliphatic carbocycles. The molecule has 2 bridgehead atoms. The predicted octanol–water partition coefficient (Wildman–Crippen LogP) is 2.82. The van der Waals surface area contributed by atoms with Gasteiger partial charge in [0.1, 0.15) is 5.82 Å². The Hall–Kier alpha value is -2.05. The molecule has 28 heavy (non-hydrogen) atoms. The van der Waals surface area contributed by atoms with Crippen molar-refractivity contribution >= 4 is 0 Å². The number of benzene rings is 1. The Kier molecular flexibility index (Phi) is 4.36. The number of hydrogen-bond donors (Lipinski definition) is 1. The van der Waals surface area contributed by atoms with Crippen molar-refractivity contribution in [2.45, 2.75) is 75.2 Å². The first-order valence-electron chi connectivity index (χ1n) is 10.3. The van der Waals surface area contributed by atoms with E-state index in [-0.39, 0.29) is 30.0 Å². The lowest BCUT2D eigenvalue weighted by Gasteiger charge is -2.43. The standard InChI is InChI=1S/C22H26FN3O2/c23-17-5-1-15(2-6-17)13-25-18-7-8-19(25)12-22(28,11-18)14-26-21(27)10-9-20(24-26)16-3-4-16/h1-2,5-6,9-10,16,18-19,28H,3-4,7-8,11-14H2. The number of halogens is 1. The van der Waals surface area contributed by atoms with Gasteiger partial charge in [0.15, 0.2) is 0 Å². The number of rotatable bonds is 5. The molecule has 5 nitrogen and oxygen atoms in total. The van der Waals surface area contributed by atoms with Crippen molar-refractivity contribution in [1.29, 1.82) is 0 Å². The number of aliphatic hydroxyl groups is 1. The van der Waals surface area contributed by atoms with Crippen LogP contribution in [-0.2, 0) is 13.1 Å². The van der Waals surface area contributed by atoms with Crippen LogP contribution in [0.4, 0.5) is 4.39 Å². The summed E-state index contributed by atoms with van der Waals surface area (Å²) in [4.78, 5) is 14.7. The first-order valence-corrected chi connectivity index (χ1v) is 10.3. The van der Waals surface area contributed by atoms with E-state index in [0.717, 1.165) is 43.5 Å². The molecule has 2 atom stereocenters. The van der Waals surface area contributed by atoms with E-state index in [0.29, 0.717) is 18.8 Å². The Morgan fingerprint density at radius 1 is 1.04 bits per heavy atom. The van der Waals surface area contributed by atoms with E-state index in [2.05, 4.69) is 10.00 Å². The molecule has 2 aliphatic heterocycles. The molecular weight excluding hydrogens is 357 g/mol. The van der Waals surface area contributed by atoms with Crippen LogP contribution in [0.15, 0.2) is 41.2 Å². The van der Waals surface area contributed by atoms with Gasteiger partial charge < -0.3 is 5.11 Å². The van der Waals surface area contributed by atoms with E-state index in [9.17, 15) is 14.3 Å². The summed E-state index contributed by atoms with van der Waals surface area (Å²) in [7, 11) is 0. The van der Waals surface area contributed by atoms with Crippen molar-refractivity contribution in [3.8, 4) is 0 Å². The van der Waals surface area contributed by atoms with Gasteiger partial charge in [-0.15, -0.1) is 0 Å². The highest BCUT2D eigenvalue weighted by atomic mass is 19.1. The molecular formula is C22H26FN3O2. The second-order valence-corrected chi connectivity index (χ2v) is 8.84. The Morgan fingerprint density at radius 2 is 1.71 bits per heavy atom. The third-order valence-corrected chi connectivity index (χ3v) is 6.61. The van der Waals surface area contributed by atoms with Gasteiger partial charge in [-0.1, -0.05) is 12.1 Å². The van der Waals surface area contributed by atoms with Crippen LogP contribution in [0.25, 0.3) is 0 Å². The summed E-state index contributed by atoms with van der Waals surface area (Å²) in [6, 6.07) is 10.7. The van der Waals surface area contributed by atoms with Gasteiger partial charge in [-0.05, 0) is 62.3 Å². The van der Waals surface area contributed by atoms with Gasteiger partial charge in [0, 0.05) is 30.6 Å². The zero-order valence-electron chi connectivity index (χ0n) is 15.9. The highest BCUT2D eigenvalue weighted by molar-refractivity contribution is 5.17. The van der Waals surface area contributed by atoms with Crippen molar-refractivity contribution in [3.63, 3.8) is 0 Å². The third-order valence-electron chi connectivity index (χ3n) is 6.61. The molecule has 1 aromatic carbocycles. The van der Waals surface area contributed by atoms with Gasteiger partial charge in [-0.2, -0.15) is 5.10 Å². The molecule has 0 amide bonds. The molecule has 1 N–H and O–H groups in total. The normalized spacial score (nSPS) is 29.9. The topological polar surface area (TPSA) is 58.4 Å². The number of aromatic nitrogens is 2. The summed E-state index contributed by atoms with van der Waals surface area (Å²) < 4.78 is 14.6. The predicted molar refractivity (Wildman–Crippen MR) is 103 cm³/mol. The molecule has 148 valence electrons. The van der Waals surface area contributed by atoms with Crippen molar-refractivity contribution in [2.75, 3.05) is 0 Å². The minimum atomic E-state index is -0.899. The maximum atomic E-state index is 13.2. The zero-order chi connectivity index (χ0) is 19.3. The summed E-state index contributed by atoms with van der Waals surface area (Å²) in [5, 5.41) is 15.9. The van der Waals surface area contributed by atoms with Crippen molar-refractivity contribution < 1.29 is 9.50 Å². The fourth-order valence-corrected chi connectivity index (χ4v) is 5.06. The fraction of sp³-hybridized carbons (Fsp3) is 0.545. The van der Waals surface area contributed by atoms with Crippen LogP contribution in [0.5, 0.6) is 0 Å². The molecule has 1 aromatic heterocycles.